The fourth-order valence-electron chi connectivity index (χ4n) is 2.25. The molecule has 0 heterocycles. The van der Waals surface area contributed by atoms with E-state index in [4.69, 9.17) is 9.47 Å². The highest BCUT2D eigenvalue weighted by atomic mass is 19.4. The van der Waals surface area contributed by atoms with Crippen molar-refractivity contribution in [3.8, 4) is 5.75 Å². The van der Waals surface area contributed by atoms with Crippen LogP contribution in [-0.2, 0) is 20.5 Å². The maximum atomic E-state index is 12.6. The van der Waals surface area contributed by atoms with Crippen molar-refractivity contribution < 1.29 is 32.2 Å². The minimum Gasteiger partial charge on any atom is -0.479 e. The minimum atomic E-state index is -4.46. The van der Waals surface area contributed by atoms with Crippen molar-refractivity contribution in [3.05, 3.63) is 60.2 Å². The number of anilines is 1. The van der Waals surface area contributed by atoms with E-state index in [1.807, 2.05) is 0 Å². The zero-order valence-electron chi connectivity index (χ0n) is 15.3. The Bertz CT molecular complexity index is 791. The fourth-order valence-corrected chi connectivity index (χ4v) is 2.25. The van der Waals surface area contributed by atoms with Crippen LogP contribution in [0.25, 0.3) is 0 Å². The number of ether oxygens (including phenoxy) is 2. The largest absolute Gasteiger partial charge is 0.479 e. The van der Waals surface area contributed by atoms with E-state index in [1.165, 1.54) is 6.92 Å². The zero-order valence-corrected chi connectivity index (χ0v) is 15.3. The summed E-state index contributed by atoms with van der Waals surface area (Å²) in [6.07, 6.45) is -6.16. The summed E-state index contributed by atoms with van der Waals surface area (Å²) in [6.45, 7) is 3.11. The Balaban J connectivity index is 1.92. The number of hydrogen-bond acceptors (Lipinski definition) is 4. The van der Waals surface area contributed by atoms with E-state index in [0.717, 1.165) is 24.3 Å². The molecule has 150 valence electrons. The third kappa shape index (κ3) is 6.00. The van der Waals surface area contributed by atoms with Gasteiger partial charge in [0, 0.05) is 5.69 Å². The molecule has 0 radical (unpaired) electrons. The molecule has 0 saturated carbocycles. The van der Waals surface area contributed by atoms with Gasteiger partial charge in [0.05, 0.1) is 5.56 Å². The number of halogens is 3. The molecule has 0 unspecified atom stereocenters. The maximum absolute atomic E-state index is 12.6. The van der Waals surface area contributed by atoms with Crippen LogP contribution >= 0.6 is 0 Å². The Hall–Kier alpha value is -3.03. The lowest BCUT2D eigenvalue weighted by molar-refractivity contribution is -0.160. The lowest BCUT2D eigenvalue weighted by atomic mass is 10.2. The van der Waals surface area contributed by atoms with Crippen molar-refractivity contribution in [1.82, 2.24) is 0 Å². The highest BCUT2D eigenvalue weighted by molar-refractivity contribution is 5.95. The van der Waals surface area contributed by atoms with Gasteiger partial charge in [-0.3, -0.25) is 4.79 Å². The van der Waals surface area contributed by atoms with Crippen molar-refractivity contribution in [2.45, 2.75) is 38.7 Å². The number of amides is 1. The van der Waals surface area contributed by atoms with E-state index in [9.17, 15) is 22.8 Å². The molecule has 0 bridgehead atoms. The van der Waals surface area contributed by atoms with Crippen LogP contribution in [0.3, 0.4) is 0 Å². The summed E-state index contributed by atoms with van der Waals surface area (Å²) >= 11 is 0. The van der Waals surface area contributed by atoms with E-state index >= 15 is 0 Å². The number of hydrogen-bond donors (Lipinski definition) is 1. The predicted molar refractivity (Wildman–Crippen MR) is 96.8 cm³/mol. The molecular formula is C20H20F3NO4. The zero-order chi connectivity index (χ0) is 20.7. The van der Waals surface area contributed by atoms with Crippen LogP contribution in [-0.4, -0.2) is 24.1 Å². The number of nitrogens with one attached hydrogen (secondary N) is 1. The first-order valence-corrected chi connectivity index (χ1v) is 8.61. The maximum Gasteiger partial charge on any atom is 0.416 e. The first kappa shape index (κ1) is 21.3. The van der Waals surface area contributed by atoms with E-state index in [-0.39, 0.29) is 5.69 Å². The molecule has 0 aromatic heterocycles. The summed E-state index contributed by atoms with van der Waals surface area (Å²) in [5.74, 6) is -0.878. The summed E-state index contributed by atoms with van der Waals surface area (Å²) in [5, 5.41) is 2.41. The van der Waals surface area contributed by atoms with E-state index in [0.29, 0.717) is 12.2 Å². The molecule has 0 aliphatic rings. The second-order valence-corrected chi connectivity index (χ2v) is 5.97. The monoisotopic (exact) mass is 395 g/mol. The number of carbonyl (C=O) groups is 2. The molecular weight excluding hydrogens is 375 g/mol. The number of esters is 1. The van der Waals surface area contributed by atoms with Crippen LogP contribution in [0, 0.1) is 0 Å². The van der Waals surface area contributed by atoms with E-state index in [1.54, 1.807) is 37.3 Å². The molecule has 0 aliphatic carbocycles. The van der Waals surface area contributed by atoms with Crippen LogP contribution < -0.4 is 10.1 Å². The van der Waals surface area contributed by atoms with Crippen molar-refractivity contribution in [2.24, 2.45) is 0 Å². The van der Waals surface area contributed by atoms with Crippen molar-refractivity contribution in [1.29, 1.82) is 0 Å². The molecule has 0 aliphatic heterocycles. The van der Waals surface area contributed by atoms with Gasteiger partial charge in [0.15, 0.2) is 12.2 Å². The van der Waals surface area contributed by atoms with Gasteiger partial charge in [0.25, 0.3) is 5.91 Å². The lowest BCUT2D eigenvalue weighted by Crippen LogP contribution is -2.36. The average Bonchev–Trinajstić information content (AvgIpc) is 2.66. The second kappa shape index (κ2) is 9.25. The highest BCUT2D eigenvalue weighted by Crippen LogP contribution is 2.29. The van der Waals surface area contributed by atoms with Gasteiger partial charge in [0.2, 0.25) is 0 Å². The van der Waals surface area contributed by atoms with Crippen LogP contribution in [0.1, 0.15) is 25.8 Å². The van der Waals surface area contributed by atoms with E-state index in [2.05, 4.69) is 5.32 Å². The lowest BCUT2D eigenvalue weighted by Gasteiger charge is -2.19. The highest BCUT2D eigenvalue weighted by Gasteiger charge is 2.30. The summed E-state index contributed by atoms with van der Waals surface area (Å²) in [6, 6.07) is 12.7. The van der Waals surface area contributed by atoms with Crippen molar-refractivity contribution >= 4 is 17.6 Å². The third-order valence-electron chi connectivity index (χ3n) is 3.80. The molecule has 1 amide bonds. The van der Waals surface area contributed by atoms with Crippen molar-refractivity contribution in [3.63, 3.8) is 0 Å². The Morgan fingerprint density at radius 3 is 2.18 bits per heavy atom. The molecule has 2 aromatic carbocycles. The number of carbonyl (C=O) groups excluding carboxylic acids is 2. The van der Waals surface area contributed by atoms with Gasteiger partial charge in [-0.15, -0.1) is 0 Å². The number of benzene rings is 2. The molecule has 5 nitrogen and oxygen atoms in total. The molecule has 0 spiro atoms. The van der Waals surface area contributed by atoms with Gasteiger partial charge in [-0.05, 0) is 49.7 Å². The summed E-state index contributed by atoms with van der Waals surface area (Å²) < 4.78 is 48.4. The standard InChI is InChI=1S/C20H20F3NO4/c1-3-17(28-16-7-5-4-6-8-16)19(26)27-13(2)18(25)24-15-11-9-14(10-12-15)20(21,22)23/h4-13,17H,3H2,1-2H3,(H,24,25)/t13-,17-/m1/s1. The van der Waals surface area contributed by atoms with Gasteiger partial charge in [-0.25, -0.2) is 4.79 Å². The van der Waals surface area contributed by atoms with E-state index < -0.39 is 35.8 Å². The topological polar surface area (TPSA) is 64.6 Å². The Labute approximate surface area is 160 Å². The summed E-state index contributed by atoms with van der Waals surface area (Å²) in [5.41, 5.74) is -0.665. The number of rotatable bonds is 7. The fraction of sp³-hybridized carbons (Fsp3) is 0.300. The SMILES string of the molecule is CC[C@@H](Oc1ccccc1)C(=O)O[C@H](C)C(=O)Nc1ccc(C(F)(F)F)cc1. The molecule has 2 rings (SSSR count). The molecule has 2 aromatic rings. The van der Waals surface area contributed by atoms with Gasteiger partial charge in [-0.2, -0.15) is 13.2 Å². The van der Waals surface area contributed by atoms with Crippen LogP contribution in [0.4, 0.5) is 18.9 Å². The summed E-state index contributed by atoms with van der Waals surface area (Å²) in [4.78, 5) is 24.4. The van der Waals surface area contributed by atoms with Crippen LogP contribution in [0.2, 0.25) is 0 Å². The summed E-state index contributed by atoms with van der Waals surface area (Å²) in [7, 11) is 0. The molecule has 0 fully saturated rings. The van der Waals surface area contributed by atoms with Gasteiger partial charge in [0.1, 0.15) is 5.75 Å². The molecule has 0 saturated heterocycles. The molecule has 8 heteroatoms. The van der Waals surface area contributed by atoms with Gasteiger partial charge >= 0.3 is 12.1 Å². The first-order valence-electron chi connectivity index (χ1n) is 8.61. The third-order valence-corrected chi connectivity index (χ3v) is 3.80. The van der Waals surface area contributed by atoms with Crippen LogP contribution in [0.5, 0.6) is 5.75 Å². The molecule has 28 heavy (non-hydrogen) atoms. The van der Waals surface area contributed by atoms with Gasteiger partial charge < -0.3 is 14.8 Å². The molecule has 1 N–H and O–H groups in total. The minimum absolute atomic E-state index is 0.161. The molecule has 2 atom stereocenters. The normalized spacial score (nSPS) is 13.3. The van der Waals surface area contributed by atoms with Gasteiger partial charge in [-0.1, -0.05) is 25.1 Å². The Morgan fingerprint density at radius 1 is 1.04 bits per heavy atom. The van der Waals surface area contributed by atoms with Crippen molar-refractivity contribution in [2.75, 3.05) is 5.32 Å². The Morgan fingerprint density at radius 2 is 1.64 bits per heavy atom. The Kier molecular flexibility index (Phi) is 7.03. The number of para-hydroxylation sites is 1. The second-order valence-electron chi connectivity index (χ2n) is 5.97. The average molecular weight is 395 g/mol. The quantitative estimate of drug-likeness (QED) is 0.705. The smallest absolute Gasteiger partial charge is 0.416 e. The predicted octanol–water partition coefficient (Wildman–Crippen LogP) is 4.43. The number of alkyl halides is 3. The first-order chi connectivity index (χ1) is 13.2. The van der Waals surface area contributed by atoms with Crippen LogP contribution in [0.15, 0.2) is 54.6 Å².